The topological polar surface area (TPSA) is 3.24 Å². The van der Waals surface area contributed by atoms with Crippen molar-refractivity contribution in [3.8, 4) is 33.4 Å². The molecule has 12 aromatic carbocycles. The van der Waals surface area contributed by atoms with Crippen LogP contribution in [0.2, 0.25) is 0 Å². The van der Waals surface area contributed by atoms with Crippen molar-refractivity contribution in [2.75, 3.05) is 4.90 Å². The van der Waals surface area contributed by atoms with Gasteiger partial charge in [-0.3, -0.25) is 0 Å². The second-order valence-electron chi connectivity index (χ2n) is 16.0. The van der Waals surface area contributed by atoms with Crippen LogP contribution in [0.1, 0.15) is 0 Å². The van der Waals surface area contributed by atoms with Gasteiger partial charge in [0, 0.05) is 22.3 Å². The molecular weight excluding hydrogens is 735 g/mol. The molecule has 284 valence electrons. The lowest BCUT2D eigenvalue weighted by atomic mass is 9.88. The van der Waals surface area contributed by atoms with Crippen LogP contribution in [-0.2, 0) is 0 Å². The summed E-state index contributed by atoms with van der Waals surface area (Å²) in [5, 5.41) is 15.1. The summed E-state index contributed by atoms with van der Waals surface area (Å²) >= 11 is 0. The molecule has 0 aliphatic heterocycles. The molecule has 0 saturated heterocycles. The van der Waals surface area contributed by atoms with E-state index in [1.165, 1.54) is 98.0 Å². The Labute approximate surface area is 355 Å². The SMILES string of the molecule is c1ccc(-c2ccc(N(c3ccc(-c4ccc5c6ccccc6c6ccccc6c5c4)cc3)c3c(-c4cccc5ccccc45)c4ccccc4c4ccccc34)cc2)cc1. The van der Waals surface area contributed by atoms with Gasteiger partial charge in [-0.1, -0.05) is 206 Å². The fourth-order valence-electron chi connectivity index (χ4n) is 9.80. The van der Waals surface area contributed by atoms with Crippen LogP contribution in [0.5, 0.6) is 0 Å². The third-order valence-electron chi connectivity index (χ3n) is 12.6. The van der Waals surface area contributed by atoms with E-state index in [9.17, 15) is 0 Å². The highest BCUT2D eigenvalue weighted by Crippen LogP contribution is 2.51. The lowest BCUT2D eigenvalue weighted by Gasteiger charge is -2.31. The maximum atomic E-state index is 2.49. The van der Waals surface area contributed by atoms with Gasteiger partial charge in [0.25, 0.3) is 0 Å². The Morgan fingerprint density at radius 3 is 1.23 bits per heavy atom. The van der Waals surface area contributed by atoms with Crippen LogP contribution in [0.25, 0.3) is 98.0 Å². The normalized spacial score (nSPS) is 11.6. The van der Waals surface area contributed by atoms with Crippen LogP contribution in [0.3, 0.4) is 0 Å². The van der Waals surface area contributed by atoms with Crippen molar-refractivity contribution in [2.24, 2.45) is 0 Å². The quantitative estimate of drug-likeness (QED) is 0.152. The van der Waals surface area contributed by atoms with Crippen LogP contribution in [-0.4, -0.2) is 0 Å². The highest BCUT2D eigenvalue weighted by molar-refractivity contribution is 6.26. The number of rotatable bonds is 6. The van der Waals surface area contributed by atoms with Crippen molar-refractivity contribution in [3.05, 3.63) is 237 Å². The van der Waals surface area contributed by atoms with Crippen molar-refractivity contribution in [2.45, 2.75) is 0 Å². The molecule has 0 aliphatic carbocycles. The Bertz CT molecular complexity index is 3580. The first-order valence-corrected chi connectivity index (χ1v) is 21.1. The van der Waals surface area contributed by atoms with Crippen molar-refractivity contribution in [3.63, 3.8) is 0 Å². The standard InChI is InChI=1S/C60H39N/c1-2-15-40(16-3-1)41-29-34-45(35-30-41)61(46-36-31-42(32-37-46)44-33-38-54-50-22-7-6-20-48(50)49-21-8-9-25-53(49)58(54)39-44)60-57-27-13-11-24-52(57)51-23-10-12-26-56(51)59(60)55-28-14-18-43-17-4-5-19-47(43)55/h1-39H. The highest BCUT2D eigenvalue weighted by atomic mass is 15.1. The number of anilines is 3. The molecular formula is C60H39N. The molecule has 0 N–H and O–H groups in total. The fourth-order valence-corrected chi connectivity index (χ4v) is 9.80. The average Bonchev–Trinajstić information content (AvgIpc) is 3.34. The van der Waals surface area contributed by atoms with Crippen LogP contribution in [0, 0.1) is 0 Å². The molecule has 0 fully saturated rings. The van der Waals surface area contributed by atoms with Crippen molar-refractivity contribution < 1.29 is 0 Å². The summed E-state index contributed by atoms with van der Waals surface area (Å²) < 4.78 is 0. The summed E-state index contributed by atoms with van der Waals surface area (Å²) in [6.45, 7) is 0. The Kier molecular flexibility index (Phi) is 8.25. The van der Waals surface area contributed by atoms with Crippen LogP contribution in [0.4, 0.5) is 17.1 Å². The molecule has 1 nitrogen and oxygen atoms in total. The number of nitrogens with zero attached hydrogens (tertiary/aromatic N) is 1. The first-order chi connectivity index (χ1) is 30.3. The minimum Gasteiger partial charge on any atom is -0.309 e. The van der Waals surface area contributed by atoms with Crippen LogP contribution < -0.4 is 4.90 Å². The molecule has 0 bridgehead atoms. The van der Waals surface area contributed by atoms with Gasteiger partial charge in [0.1, 0.15) is 0 Å². The van der Waals surface area contributed by atoms with Gasteiger partial charge in [-0.25, -0.2) is 0 Å². The van der Waals surface area contributed by atoms with Gasteiger partial charge in [-0.15, -0.1) is 0 Å². The second kappa shape index (κ2) is 14.4. The number of hydrogen-bond donors (Lipinski definition) is 0. The van der Waals surface area contributed by atoms with Gasteiger partial charge >= 0.3 is 0 Å². The summed E-state index contributed by atoms with van der Waals surface area (Å²) in [7, 11) is 0. The van der Waals surface area contributed by atoms with E-state index in [4.69, 9.17) is 0 Å². The molecule has 0 atom stereocenters. The third-order valence-corrected chi connectivity index (χ3v) is 12.6. The van der Waals surface area contributed by atoms with E-state index < -0.39 is 0 Å². The maximum absolute atomic E-state index is 2.49. The minimum absolute atomic E-state index is 1.09. The molecule has 0 aromatic heterocycles. The first kappa shape index (κ1) is 35.0. The van der Waals surface area contributed by atoms with Gasteiger partial charge in [0.15, 0.2) is 0 Å². The molecule has 12 aromatic rings. The van der Waals surface area contributed by atoms with E-state index in [0.717, 1.165) is 17.1 Å². The van der Waals surface area contributed by atoms with E-state index in [1.807, 2.05) is 0 Å². The van der Waals surface area contributed by atoms with E-state index in [0.29, 0.717) is 0 Å². The Morgan fingerprint density at radius 2 is 0.623 bits per heavy atom. The van der Waals surface area contributed by atoms with Crippen molar-refractivity contribution in [1.82, 2.24) is 0 Å². The smallest absolute Gasteiger partial charge is 0.0625 e. The molecule has 61 heavy (non-hydrogen) atoms. The van der Waals surface area contributed by atoms with Gasteiger partial charge in [0.05, 0.1) is 5.69 Å². The van der Waals surface area contributed by atoms with Crippen LogP contribution >= 0.6 is 0 Å². The second-order valence-corrected chi connectivity index (χ2v) is 16.0. The largest absolute Gasteiger partial charge is 0.309 e. The van der Waals surface area contributed by atoms with Gasteiger partial charge in [-0.2, -0.15) is 0 Å². The number of fused-ring (bicyclic) bond motifs is 10. The van der Waals surface area contributed by atoms with E-state index in [2.05, 4.69) is 241 Å². The zero-order chi connectivity index (χ0) is 40.3. The van der Waals surface area contributed by atoms with Crippen molar-refractivity contribution in [1.29, 1.82) is 0 Å². The van der Waals surface area contributed by atoms with Gasteiger partial charge in [-0.05, 0) is 117 Å². The summed E-state index contributed by atoms with van der Waals surface area (Å²) in [6, 6.07) is 86.9. The Hall–Kier alpha value is -8.00. The minimum atomic E-state index is 1.09. The molecule has 1 heteroatoms. The fraction of sp³-hybridized carbons (Fsp3) is 0. The predicted molar refractivity (Wildman–Crippen MR) is 262 cm³/mol. The zero-order valence-corrected chi connectivity index (χ0v) is 33.5. The van der Waals surface area contributed by atoms with E-state index >= 15 is 0 Å². The Morgan fingerprint density at radius 1 is 0.230 bits per heavy atom. The average molecular weight is 774 g/mol. The van der Waals surface area contributed by atoms with Crippen LogP contribution in [0.15, 0.2) is 237 Å². The lowest BCUT2D eigenvalue weighted by molar-refractivity contribution is 1.30. The zero-order valence-electron chi connectivity index (χ0n) is 33.5. The number of benzene rings is 12. The first-order valence-electron chi connectivity index (χ1n) is 21.1. The summed E-state index contributed by atoms with van der Waals surface area (Å²) in [5.74, 6) is 0. The molecule has 0 saturated carbocycles. The molecule has 0 unspecified atom stereocenters. The summed E-state index contributed by atoms with van der Waals surface area (Å²) in [4.78, 5) is 2.49. The van der Waals surface area contributed by atoms with E-state index in [1.54, 1.807) is 0 Å². The van der Waals surface area contributed by atoms with Crippen molar-refractivity contribution >= 4 is 81.7 Å². The summed E-state index contributed by atoms with van der Waals surface area (Å²) in [6.07, 6.45) is 0. The van der Waals surface area contributed by atoms with Gasteiger partial charge < -0.3 is 4.90 Å². The third kappa shape index (κ3) is 5.78. The number of hydrogen-bond acceptors (Lipinski definition) is 1. The molecule has 12 rings (SSSR count). The highest BCUT2D eigenvalue weighted by Gasteiger charge is 2.24. The molecule has 0 heterocycles. The molecule has 0 spiro atoms. The van der Waals surface area contributed by atoms with Gasteiger partial charge in [0.2, 0.25) is 0 Å². The summed E-state index contributed by atoms with van der Waals surface area (Å²) in [5.41, 5.74) is 10.6. The predicted octanol–water partition coefficient (Wildman–Crippen LogP) is 17.1. The van der Waals surface area contributed by atoms with E-state index in [-0.39, 0.29) is 0 Å². The monoisotopic (exact) mass is 773 g/mol. The molecule has 0 radical (unpaired) electrons. The molecule has 0 amide bonds. The Balaban J connectivity index is 1.10. The molecule has 0 aliphatic rings. The maximum Gasteiger partial charge on any atom is 0.0625 e. The lowest BCUT2D eigenvalue weighted by Crippen LogP contribution is -2.12.